The zero-order chi connectivity index (χ0) is 14.9. The van der Waals surface area contributed by atoms with Gasteiger partial charge < -0.3 is 15.4 Å². The second-order valence-electron chi connectivity index (χ2n) is 3.71. The van der Waals surface area contributed by atoms with Gasteiger partial charge in [-0.3, -0.25) is 14.6 Å². The molecule has 9 heteroatoms. The number of carbonyl (C=O) groups is 1. The minimum absolute atomic E-state index is 0.169. The highest BCUT2D eigenvalue weighted by atomic mass is 32.1. The molecule has 2 aromatic rings. The zero-order valence-corrected chi connectivity index (χ0v) is 10.5. The molecule has 0 atom stereocenters. The number of aromatic hydroxyl groups is 1. The maximum absolute atomic E-state index is 13.4. The van der Waals surface area contributed by atoms with Gasteiger partial charge in [0.05, 0.1) is 5.69 Å². The van der Waals surface area contributed by atoms with Gasteiger partial charge in [0, 0.05) is 6.07 Å². The van der Waals surface area contributed by atoms with E-state index in [0.29, 0.717) is 6.07 Å². The molecule has 0 saturated carbocycles. The number of benzene rings is 1. The van der Waals surface area contributed by atoms with Gasteiger partial charge in [0.15, 0.2) is 10.3 Å². The van der Waals surface area contributed by atoms with E-state index >= 15 is 0 Å². The van der Waals surface area contributed by atoms with E-state index in [-0.39, 0.29) is 10.5 Å². The van der Waals surface area contributed by atoms with Crippen LogP contribution in [0.15, 0.2) is 23.0 Å². The van der Waals surface area contributed by atoms with Crippen molar-refractivity contribution < 1.29 is 18.7 Å². The first-order chi connectivity index (χ1) is 9.38. The lowest BCUT2D eigenvalue weighted by Crippen LogP contribution is -2.24. The van der Waals surface area contributed by atoms with Crippen molar-refractivity contribution >= 4 is 23.8 Å². The van der Waals surface area contributed by atoms with Crippen LogP contribution >= 0.6 is 12.2 Å². The van der Waals surface area contributed by atoms with Crippen molar-refractivity contribution in [3.8, 4) is 5.88 Å². The fraction of sp³-hybridized carbons (Fsp3) is 0. The van der Waals surface area contributed by atoms with Gasteiger partial charge in [0.1, 0.15) is 11.6 Å². The summed E-state index contributed by atoms with van der Waals surface area (Å²) in [5.74, 6) is -3.65. The molecule has 1 amide bonds. The molecule has 0 aliphatic rings. The smallest absolute Gasteiger partial charge is 0.268 e. The molecular weight excluding hydrogens is 292 g/mol. The van der Waals surface area contributed by atoms with Crippen molar-refractivity contribution in [3.63, 3.8) is 0 Å². The SMILES string of the molecule is O=C(Nc1ccc(F)cc1F)c1c(O)[nH]c(=S)[nH]c1=O. The standard InChI is InChI=1S/C11H7F2N3O3S/c12-4-1-2-6(5(13)3-4)14-8(17)7-9(18)15-11(20)16-10(7)19/h1-3H,(H,14,17)(H3,15,16,18,19,20). The van der Waals surface area contributed by atoms with Crippen molar-refractivity contribution in [2.24, 2.45) is 0 Å². The van der Waals surface area contributed by atoms with E-state index in [4.69, 9.17) is 0 Å². The number of amides is 1. The van der Waals surface area contributed by atoms with Crippen molar-refractivity contribution in [1.82, 2.24) is 9.97 Å². The van der Waals surface area contributed by atoms with E-state index in [9.17, 15) is 23.5 Å². The summed E-state index contributed by atoms with van der Waals surface area (Å²) in [5, 5.41) is 11.5. The molecule has 0 spiro atoms. The molecule has 0 bridgehead atoms. The number of carbonyl (C=O) groups excluding carboxylic acids is 1. The van der Waals surface area contributed by atoms with Crippen molar-refractivity contribution in [2.75, 3.05) is 5.32 Å². The van der Waals surface area contributed by atoms with E-state index in [1.54, 1.807) is 0 Å². The fourth-order valence-electron chi connectivity index (χ4n) is 1.46. The molecule has 0 aliphatic heterocycles. The number of aromatic amines is 2. The van der Waals surface area contributed by atoms with Gasteiger partial charge in [-0.05, 0) is 24.4 Å². The third-order valence-corrected chi connectivity index (χ3v) is 2.53. The Balaban J connectivity index is 2.38. The number of anilines is 1. The number of aromatic nitrogens is 2. The van der Waals surface area contributed by atoms with Gasteiger partial charge in [-0.1, -0.05) is 0 Å². The molecule has 2 rings (SSSR count). The minimum atomic E-state index is -1.07. The van der Waals surface area contributed by atoms with Crippen LogP contribution in [0.1, 0.15) is 10.4 Å². The third kappa shape index (κ3) is 2.72. The lowest BCUT2D eigenvalue weighted by molar-refractivity contribution is 0.102. The Hall–Kier alpha value is -2.55. The Labute approximate surface area is 115 Å². The van der Waals surface area contributed by atoms with Crippen LogP contribution < -0.4 is 10.9 Å². The predicted molar refractivity (Wildman–Crippen MR) is 68.2 cm³/mol. The summed E-state index contributed by atoms with van der Waals surface area (Å²) in [6, 6.07) is 2.48. The summed E-state index contributed by atoms with van der Waals surface area (Å²) in [7, 11) is 0. The first-order valence-electron chi connectivity index (χ1n) is 5.20. The summed E-state index contributed by atoms with van der Waals surface area (Å²) in [5.41, 5.74) is -1.94. The molecule has 1 heterocycles. The van der Waals surface area contributed by atoms with Crippen LogP contribution in [0.5, 0.6) is 5.88 Å². The molecule has 6 nitrogen and oxygen atoms in total. The van der Waals surface area contributed by atoms with Crippen LogP contribution in [0, 0.1) is 16.4 Å². The molecule has 0 radical (unpaired) electrons. The third-order valence-electron chi connectivity index (χ3n) is 2.33. The lowest BCUT2D eigenvalue weighted by Gasteiger charge is -2.06. The van der Waals surface area contributed by atoms with Crippen molar-refractivity contribution in [3.05, 3.63) is 50.5 Å². The summed E-state index contributed by atoms with van der Waals surface area (Å²) in [4.78, 5) is 27.6. The van der Waals surface area contributed by atoms with E-state index in [1.165, 1.54) is 0 Å². The Kier molecular flexibility index (Phi) is 3.61. The molecule has 1 aromatic carbocycles. The van der Waals surface area contributed by atoms with Gasteiger partial charge in [-0.2, -0.15) is 0 Å². The Morgan fingerprint density at radius 1 is 1.30 bits per heavy atom. The molecular formula is C11H7F2N3O3S. The van der Waals surface area contributed by atoms with Crippen molar-refractivity contribution in [1.29, 1.82) is 0 Å². The van der Waals surface area contributed by atoms with Crippen LogP contribution in [-0.4, -0.2) is 21.0 Å². The Morgan fingerprint density at radius 2 is 2.00 bits per heavy atom. The highest BCUT2D eigenvalue weighted by molar-refractivity contribution is 7.71. The molecule has 1 aromatic heterocycles. The van der Waals surface area contributed by atoms with Crippen LogP contribution in [0.25, 0.3) is 0 Å². The number of hydrogen-bond acceptors (Lipinski definition) is 4. The minimum Gasteiger partial charge on any atom is -0.494 e. The molecule has 104 valence electrons. The summed E-state index contributed by atoms with van der Waals surface area (Å²) >= 11 is 4.59. The molecule has 0 saturated heterocycles. The lowest BCUT2D eigenvalue weighted by atomic mass is 10.2. The normalized spacial score (nSPS) is 10.3. The number of rotatable bonds is 2. The van der Waals surface area contributed by atoms with Crippen molar-refractivity contribution in [2.45, 2.75) is 0 Å². The van der Waals surface area contributed by atoms with E-state index < -0.39 is 34.5 Å². The zero-order valence-electron chi connectivity index (χ0n) is 9.66. The maximum atomic E-state index is 13.4. The summed E-state index contributed by atoms with van der Waals surface area (Å²) in [6.07, 6.45) is 0. The van der Waals surface area contributed by atoms with E-state index in [0.717, 1.165) is 12.1 Å². The average Bonchev–Trinajstić information content (AvgIpc) is 2.31. The average molecular weight is 299 g/mol. The van der Waals surface area contributed by atoms with Gasteiger partial charge >= 0.3 is 0 Å². The quantitative estimate of drug-likeness (QED) is 0.634. The van der Waals surface area contributed by atoms with Gasteiger partial charge in [0.2, 0.25) is 5.88 Å². The van der Waals surface area contributed by atoms with Gasteiger partial charge in [0.25, 0.3) is 11.5 Å². The molecule has 20 heavy (non-hydrogen) atoms. The maximum Gasteiger partial charge on any atom is 0.268 e. The topological polar surface area (TPSA) is 98.0 Å². The Morgan fingerprint density at radius 3 is 2.60 bits per heavy atom. The summed E-state index contributed by atoms with van der Waals surface area (Å²) in [6.45, 7) is 0. The number of nitrogens with one attached hydrogen (secondary N) is 3. The van der Waals surface area contributed by atoms with Crippen LogP contribution in [-0.2, 0) is 0 Å². The fourth-order valence-corrected chi connectivity index (χ4v) is 1.65. The van der Waals surface area contributed by atoms with E-state index in [1.807, 2.05) is 5.32 Å². The van der Waals surface area contributed by atoms with Crippen LogP contribution in [0.2, 0.25) is 0 Å². The first-order valence-corrected chi connectivity index (χ1v) is 5.61. The van der Waals surface area contributed by atoms with Crippen LogP contribution in [0.4, 0.5) is 14.5 Å². The number of hydrogen-bond donors (Lipinski definition) is 4. The van der Waals surface area contributed by atoms with Gasteiger partial charge in [-0.15, -0.1) is 0 Å². The number of H-pyrrole nitrogens is 2. The largest absolute Gasteiger partial charge is 0.494 e. The second kappa shape index (κ2) is 5.21. The number of halogens is 2. The van der Waals surface area contributed by atoms with E-state index in [2.05, 4.69) is 22.2 Å². The molecule has 0 fully saturated rings. The molecule has 0 unspecified atom stereocenters. The molecule has 4 N–H and O–H groups in total. The predicted octanol–water partition coefficient (Wildman–Crippen LogP) is 1.67. The highest BCUT2D eigenvalue weighted by Crippen LogP contribution is 2.17. The van der Waals surface area contributed by atoms with Gasteiger partial charge in [-0.25, -0.2) is 8.78 Å². The Bertz CT molecular complexity index is 800. The molecule has 0 aliphatic carbocycles. The monoisotopic (exact) mass is 299 g/mol. The van der Waals surface area contributed by atoms with Crippen LogP contribution in [0.3, 0.4) is 0 Å². The summed E-state index contributed by atoms with van der Waals surface area (Å²) < 4.78 is 25.9. The highest BCUT2D eigenvalue weighted by Gasteiger charge is 2.18. The second-order valence-corrected chi connectivity index (χ2v) is 4.12. The first kappa shape index (κ1) is 13.9.